The molecule has 2 aromatic heterocycles. The fourth-order valence-electron chi connectivity index (χ4n) is 6.44. The molecular formula is C43H27N3O. The highest BCUT2D eigenvalue weighted by Gasteiger charge is 2.16. The van der Waals surface area contributed by atoms with Crippen molar-refractivity contribution in [1.82, 2.24) is 15.0 Å². The van der Waals surface area contributed by atoms with Gasteiger partial charge in [-0.05, 0) is 51.2 Å². The molecule has 0 aliphatic carbocycles. The summed E-state index contributed by atoms with van der Waals surface area (Å²) in [7, 11) is 0. The van der Waals surface area contributed by atoms with Crippen molar-refractivity contribution < 1.29 is 4.42 Å². The van der Waals surface area contributed by atoms with E-state index in [1.165, 1.54) is 5.56 Å². The zero-order valence-corrected chi connectivity index (χ0v) is 25.3. The first-order chi connectivity index (χ1) is 23.3. The summed E-state index contributed by atoms with van der Waals surface area (Å²) in [5, 5.41) is 4.50. The van der Waals surface area contributed by atoms with E-state index in [0.29, 0.717) is 17.5 Å². The molecule has 7 aromatic carbocycles. The van der Waals surface area contributed by atoms with E-state index in [-0.39, 0.29) is 0 Å². The number of aromatic nitrogens is 3. The van der Waals surface area contributed by atoms with Crippen LogP contribution >= 0.6 is 0 Å². The van der Waals surface area contributed by atoms with Crippen molar-refractivity contribution in [2.75, 3.05) is 0 Å². The molecule has 0 bridgehead atoms. The average molecular weight is 602 g/mol. The predicted molar refractivity (Wildman–Crippen MR) is 192 cm³/mol. The Labute approximate surface area is 271 Å². The normalized spacial score (nSPS) is 11.4. The second-order valence-corrected chi connectivity index (χ2v) is 11.6. The molecule has 0 fully saturated rings. The topological polar surface area (TPSA) is 51.8 Å². The minimum absolute atomic E-state index is 0.629. The zero-order valence-electron chi connectivity index (χ0n) is 25.3. The molecule has 0 spiro atoms. The van der Waals surface area contributed by atoms with E-state index in [0.717, 1.165) is 66.1 Å². The lowest BCUT2D eigenvalue weighted by molar-refractivity contribution is 0.669. The number of hydrogen-bond donors (Lipinski definition) is 0. The summed E-state index contributed by atoms with van der Waals surface area (Å²) in [5.41, 5.74) is 9.16. The van der Waals surface area contributed by atoms with Gasteiger partial charge in [0.15, 0.2) is 17.5 Å². The van der Waals surface area contributed by atoms with Gasteiger partial charge in [-0.3, -0.25) is 0 Å². The Morgan fingerprint density at radius 3 is 1.64 bits per heavy atom. The third-order valence-corrected chi connectivity index (χ3v) is 8.75. The molecule has 0 aliphatic rings. The number of nitrogens with zero attached hydrogens (tertiary/aromatic N) is 3. The summed E-state index contributed by atoms with van der Waals surface area (Å²) >= 11 is 0. The summed E-state index contributed by atoms with van der Waals surface area (Å²) < 4.78 is 6.24. The van der Waals surface area contributed by atoms with Crippen LogP contribution in [0.15, 0.2) is 168 Å². The fraction of sp³-hybridized carbons (Fsp3) is 0. The maximum Gasteiger partial charge on any atom is 0.164 e. The second-order valence-electron chi connectivity index (χ2n) is 11.6. The van der Waals surface area contributed by atoms with Gasteiger partial charge in [0.05, 0.1) is 0 Å². The first-order valence-electron chi connectivity index (χ1n) is 15.7. The van der Waals surface area contributed by atoms with Crippen molar-refractivity contribution >= 4 is 32.7 Å². The number of hydrogen-bond acceptors (Lipinski definition) is 4. The molecule has 0 saturated heterocycles. The lowest BCUT2D eigenvalue weighted by Crippen LogP contribution is -2.00. The minimum Gasteiger partial charge on any atom is -0.456 e. The third-order valence-electron chi connectivity index (χ3n) is 8.75. The first-order valence-corrected chi connectivity index (χ1v) is 15.7. The molecule has 0 radical (unpaired) electrons. The molecule has 47 heavy (non-hydrogen) atoms. The monoisotopic (exact) mass is 601 g/mol. The van der Waals surface area contributed by atoms with Crippen molar-refractivity contribution in [2.24, 2.45) is 0 Å². The van der Waals surface area contributed by atoms with Crippen LogP contribution in [0.5, 0.6) is 0 Å². The van der Waals surface area contributed by atoms with Crippen LogP contribution in [0.1, 0.15) is 0 Å². The molecule has 0 amide bonds. The van der Waals surface area contributed by atoms with Crippen LogP contribution in [0, 0.1) is 0 Å². The van der Waals surface area contributed by atoms with E-state index in [1.54, 1.807) is 0 Å². The van der Waals surface area contributed by atoms with Crippen molar-refractivity contribution in [3.63, 3.8) is 0 Å². The standard InChI is InChI=1S/C43H27N3O/c1-3-11-28(12-4-1)29-21-24-32(25-22-29)42-44-41(31-13-5-2-6-14-31)45-43(46-42)33-26-23-30-15-9-17-34(37(30)27-33)35-18-10-20-39-40(35)36-16-7-8-19-38(36)47-39/h1-27H. The van der Waals surface area contributed by atoms with Gasteiger partial charge < -0.3 is 4.42 Å². The summed E-state index contributed by atoms with van der Waals surface area (Å²) in [4.78, 5) is 15.0. The number of fused-ring (bicyclic) bond motifs is 4. The van der Waals surface area contributed by atoms with E-state index in [4.69, 9.17) is 19.4 Å². The molecule has 220 valence electrons. The summed E-state index contributed by atoms with van der Waals surface area (Å²) in [6.45, 7) is 0. The smallest absolute Gasteiger partial charge is 0.164 e. The fourth-order valence-corrected chi connectivity index (χ4v) is 6.44. The van der Waals surface area contributed by atoms with Crippen LogP contribution < -0.4 is 0 Å². The molecule has 4 nitrogen and oxygen atoms in total. The van der Waals surface area contributed by atoms with Crippen LogP contribution in [0.3, 0.4) is 0 Å². The Bertz CT molecular complexity index is 2550. The van der Waals surface area contributed by atoms with Gasteiger partial charge >= 0.3 is 0 Å². The van der Waals surface area contributed by atoms with Gasteiger partial charge in [-0.1, -0.05) is 146 Å². The lowest BCUT2D eigenvalue weighted by Gasteiger charge is -2.12. The van der Waals surface area contributed by atoms with Gasteiger partial charge in [0, 0.05) is 27.5 Å². The number of para-hydroxylation sites is 1. The van der Waals surface area contributed by atoms with Crippen LogP contribution in [0.2, 0.25) is 0 Å². The number of benzene rings is 7. The van der Waals surface area contributed by atoms with E-state index in [9.17, 15) is 0 Å². The Kier molecular flexibility index (Phi) is 6.43. The average Bonchev–Trinajstić information content (AvgIpc) is 3.54. The molecule has 0 unspecified atom stereocenters. The summed E-state index contributed by atoms with van der Waals surface area (Å²) in [6, 6.07) is 56.3. The van der Waals surface area contributed by atoms with Crippen LogP contribution in [0.4, 0.5) is 0 Å². The Morgan fingerprint density at radius 1 is 0.340 bits per heavy atom. The zero-order chi connectivity index (χ0) is 31.2. The third kappa shape index (κ3) is 4.84. The maximum atomic E-state index is 6.24. The lowest BCUT2D eigenvalue weighted by atomic mass is 9.93. The van der Waals surface area contributed by atoms with Gasteiger partial charge in [0.1, 0.15) is 11.2 Å². The first kappa shape index (κ1) is 27.0. The van der Waals surface area contributed by atoms with E-state index >= 15 is 0 Å². The van der Waals surface area contributed by atoms with Gasteiger partial charge in [-0.25, -0.2) is 15.0 Å². The second kappa shape index (κ2) is 11.2. The van der Waals surface area contributed by atoms with E-state index in [2.05, 4.69) is 109 Å². The molecule has 0 N–H and O–H groups in total. The Balaban J connectivity index is 1.21. The van der Waals surface area contributed by atoms with Crippen LogP contribution in [-0.2, 0) is 0 Å². The molecule has 0 aliphatic heterocycles. The quantitative estimate of drug-likeness (QED) is 0.197. The highest BCUT2D eigenvalue weighted by atomic mass is 16.3. The van der Waals surface area contributed by atoms with Crippen molar-refractivity contribution in [3.05, 3.63) is 164 Å². The van der Waals surface area contributed by atoms with E-state index < -0.39 is 0 Å². The van der Waals surface area contributed by atoms with Crippen LogP contribution in [0.25, 0.3) is 89.1 Å². The largest absolute Gasteiger partial charge is 0.456 e. The Morgan fingerprint density at radius 2 is 0.872 bits per heavy atom. The molecule has 0 saturated carbocycles. The summed E-state index contributed by atoms with van der Waals surface area (Å²) in [5.74, 6) is 1.90. The van der Waals surface area contributed by atoms with Crippen molar-refractivity contribution in [3.8, 4) is 56.4 Å². The number of furan rings is 1. The van der Waals surface area contributed by atoms with Gasteiger partial charge in [-0.15, -0.1) is 0 Å². The molecule has 9 aromatic rings. The molecule has 2 heterocycles. The molecule has 4 heteroatoms. The highest BCUT2D eigenvalue weighted by molar-refractivity contribution is 6.15. The SMILES string of the molecule is c1ccc(-c2ccc(-c3nc(-c4ccccc4)nc(-c4ccc5cccc(-c6cccc7oc8ccccc8c67)c5c4)n3)cc2)cc1. The van der Waals surface area contributed by atoms with E-state index in [1.807, 2.05) is 54.6 Å². The molecule has 0 atom stereocenters. The Hall–Kier alpha value is -6.39. The van der Waals surface area contributed by atoms with Gasteiger partial charge in [0.25, 0.3) is 0 Å². The van der Waals surface area contributed by atoms with Gasteiger partial charge in [0.2, 0.25) is 0 Å². The van der Waals surface area contributed by atoms with Crippen molar-refractivity contribution in [2.45, 2.75) is 0 Å². The maximum absolute atomic E-state index is 6.24. The van der Waals surface area contributed by atoms with Crippen molar-refractivity contribution in [1.29, 1.82) is 0 Å². The molecular weight excluding hydrogens is 574 g/mol. The predicted octanol–water partition coefficient (Wildman–Crippen LogP) is 11.3. The molecule has 9 rings (SSSR count). The highest BCUT2D eigenvalue weighted by Crippen LogP contribution is 2.40. The number of rotatable bonds is 5. The van der Waals surface area contributed by atoms with Gasteiger partial charge in [-0.2, -0.15) is 0 Å². The minimum atomic E-state index is 0.629. The van der Waals surface area contributed by atoms with Crippen LogP contribution in [-0.4, -0.2) is 15.0 Å². The summed E-state index contributed by atoms with van der Waals surface area (Å²) in [6.07, 6.45) is 0.